The quantitative estimate of drug-likeness (QED) is 0.796. The number of amides is 2. The lowest BCUT2D eigenvalue weighted by Crippen LogP contribution is -2.29. The summed E-state index contributed by atoms with van der Waals surface area (Å²) in [6.45, 7) is 0.585. The summed E-state index contributed by atoms with van der Waals surface area (Å²) in [6.07, 6.45) is 3.28. The summed E-state index contributed by atoms with van der Waals surface area (Å²) in [5.41, 5.74) is 0.651. The van der Waals surface area contributed by atoms with Crippen molar-refractivity contribution in [2.45, 2.75) is 12.8 Å². The van der Waals surface area contributed by atoms with E-state index in [1.807, 2.05) is 24.3 Å². The smallest absolute Gasteiger partial charge is 0.319 e. The molecule has 5 heteroatoms. The lowest BCUT2D eigenvalue weighted by Gasteiger charge is -2.10. The Morgan fingerprint density at radius 2 is 2.10 bits per heavy atom. The van der Waals surface area contributed by atoms with Gasteiger partial charge in [-0.1, -0.05) is 12.1 Å². The number of benzene rings is 1. The number of hydrogen-bond donors (Lipinski definition) is 2. The highest BCUT2D eigenvalue weighted by Gasteiger charge is 2.05. The van der Waals surface area contributed by atoms with Crippen molar-refractivity contribution in [2.75, 3.05) is 19.0 Å². The number of rotatable bonds is 6. The van der Waals surface area contributed by atoms with E-state index in [1.54, 1.807) is 25.5 Å². The van der Waals surface area contributed by atoms with E-state index >= 15 is 0 Å². The first kappa shape index (κ1) is 14.0. The molecule has 2 aromatic rings. The molecule has 0 radical (unpaired) electrons. The molecule has 0 atom stereocenters. The van der Waals surface area contributed by atoms with Gasteiger partial charge in [-0.05, 0) is 30.7 Å². The molecule has 2 N–H and O–H groups in total. The molecule has 0 aliphatic carbocycles. The summed E-state index contributed by atoms with van der Waals surface area (Å²) in [5, 5.41) is 5.55. The van der Waals surface area contributed by atoms with E-state index in [2.05, 4.69) is 10.6 Å². The number of ether oxygens (including phenoxy) is 1. The maximum Gasteiger partial charge on any atom is 0.319 e. The zero-order chi connectivity index (χ0) is 14.2. The third-order valence-corrected chi connectivity index (χ3v) is 2.82. The molecule has 0 saturated heterocycles. The van der Waals surface area contributed by atoms with E-state index in [0.717, 1.165) is 18.6 Å². The summed E-state index contributed by atoms with van der Waals surface area (Å²) >= 11 is 0. The lowest BCUT2D eigenvalue weighted by molar-refractivity contribution is 0.251. The molecule has 20 heavy (non-hydrogen) atoms. The normalized spacial score (nSPS) is 10.1. The molecular weight excluding hydrogens is 256 g/mol. The van der Waals surface area contributed by atoms with Gasteiger partial charge in [0, 0.05) is 13.0 Å². The average Bonchev–Trinajstić information content (AvgIpc) is 2.97. The predicted molar refractivity (Wildman–Crippen MR) is 77.0 cm³/mol. The van der Waals surface area contributed by atoms with Crippen LogP contribution in [0.2, 0.25) is 0 Å². The second-order valence-electron chi connectivity index (χ2n) is 4.26. The Balaban J connectivity index is 1.72. The van der Waals surface area contributed by atoms with Crippen molar-refractivity contribution < 1.29 is 13.9 Å². The van der Waals surface area contributed by atoms with Crippen molar-refractivity contribution in [2.24, 2.45) is 0 Å². The first-order valence-electron chi connectivity index (χ1n) is 6.50. The van der Waals surface area contributed by atoms with Crippen LogP contribution in [0, 0.1) is 0 Å². The Morgan fingerprint density at radius 3 is 2.85 bits per heavy atom. The number of methoxy groups -OCH3 is 1. The van der Waals surface area contributed by atoms with Crippen LogP contribution in [0.4, 0.5) is 10.5 Å². The van der Waals surface area contributed by atoms with Gasteiger partial charge in [-0.2, -0.15) is 0 Å². The van der Waals surface area contributed by atoms with E-state index in [4.69, 9.17) is 9.15 Å². The predicted octanol–water partition coefficient (Wildman–Crippen LogP) is 3.04. The molecule has 2 amide bonds. The third kappa shape index (κ3) is 4.05. The molecule has 0 bridgehead atoms. The highest BCUT2D eigenvalue weighted by Crippen LogP contribution is 2.22. The van der Waals surface area contributed by atoms with Crippen molar-refractivity contribution in [1.29, 1.82) is 0 Å². The van der Waals surface area contributed by atoms with E-state index in [1.165, 1.54) is 0 Å². The van der Waals surface area contributed by atoms with Crippen LogP contribution in [-0.4, -0.2) is 19.7 Å². The number of carbonyl (C=O) groups excluding carboxylic acids is 1. The maximum atomic E-state index is 11.7. The molecular formula is C15H18N2O3. The van der Waals surface area contributed by atoms with Gasteiger partial charge in [-0.25, -0.2) is 4.79 Å². The van der Waals surface area contributed by atoms with Gasteiger partial charge in [-0.3, -0.25) is 0 Å². The van der Waals surface area contributed by atoms with Crippen LogP contribution in [0.3, 0.4) is 0 Å². The summed E-state index contributed by atoms with van der Waals surface area (Å²) in [7, 11) is 1.57. The van der Waals surface area contributed by atoms with E-state index < -0.39 is 0 Å². The van der Waals surface area contributed by atoms with Crippen LogP contribution in [0.5, 0.6) is 5.75 Å². The van der Waals surface area contributed by atoms with Crippen molar-refractivity contribution in [3.05, 3.63) is 48.4 Å². The molecule has 5 nitrogen and oxygen atoms in total. The molecule has 0 fully saturated rings. The molecule has 0 aliphatic heterocycles. The van der Waals surface area contributed by atoms with Crippen molar-refractivity contribution in [1.82, 2.24) is 5.32 Å². The van der Waals surface area contributed by atoms with E-state index in [-0.39, 0.29) is 6.03 Å². The second-order valence-corrected chi connectivity index (χ2v) is 4.26. The number of urea groups is 1. The number of nitrogens with one attached hydrogen (secondary N) is 2. The Morgan fingerprint density at radius 1 is 1.25 bits per heavy atom. The molecule has 2 rings (SSSR count). The van der Waals surface area contributed by atoms with Crippen molar-refractivity contribution >= 4 is 11.7 Å². The largest absolute Gasteiger partial charge is 0.495 e. The van der Waals surface area contributed by atoms with Crippen LogP contribution in [0.1, 0.15) is 12.2 Å². The second kappa shape index (κ2) is 7.23. The molecule has 1 aromatic carbocycles. The fourth-order valence-electron chi connectivity index (χ4n) is 1.83. The number of anilines is 1. The minimum Gasteiger partial charge on any atom is -0.495 e. The topological polar surface area (TPSA) is 63.5 Å². The number of hydrogen-bond acceptors (Lipinski definition) is 3. The molecule has 0 unspecified atom stereocenters. The van der Waals surface area contributed by atoms with Gasteiger partial charge < -0.3 is 19.8 Å². The van der Waals surface area contributed by atoms with E-state index in [9.17, 15) is 4.79 Å². The SMILES string of the molecule is COc1ccccc1NC(=O)NCCCc1ccco1. The van der Waals surface area contributed by atoms with Crippen LogP contribution in [0.25, 0.3) is 0 Å². The highest BCUT2D eigenvalue weighted by atomic mass is 16.5. The van der Waals surface area contributed by atoms with Crippen molar-refractivity contribution in [3.63, 3.8) is 0 Å². The fraction of sp³-hybridized carbons (Fsp3) is 0.267. The summed E-state index contributed by atoms with van der Waals surface area (Å²) in [4.78, 5) is 11.7. The van der Waals surface area contributed by atoms with Gasteiger partial charge >= 0.3 is 6.03 Å². The number of para-hydroxylation sites is 2. The van der Waals surface area contributed by atoms with E-state index in [0.29, 0.717) is 18.0 Å². The minimum absolute atomic E-state index is 0.242. The Bertz CT molecular complexity index is 538. The number of carbonyl (C=O) groups is 1. The lowest BCUT2D eigenvalue weighted by atomic mass is 10.2. The first-order chi connectivity index (χ1) is 9.79. The molecule has 1 aromatic heterocycles. The Kier molecular flexibility index (Phi) is 5.06. The van der Waals surface area contributed by atoms with Crippen LogP contribution in [0.15, 0.2) is 47.1 Å². The summed E-state index contributed by atoms with van der Waals surface area (Å²) in [6, 6.07) is 10.8. The van der Waals surface area contributed by atoms with Gasteiger partial charge in [0.2, 0.25) is 0 Å². The minimum atomic E-state index is -0.242. The molecule has 0 saturated carbocycles. The molecule has 0 aliphatic rings. The highest BCUT2D eigenvalue weighted by molar-refractivity contribution is 5.90. The van der Waals surface area contributed by atoms with Gasteiger partial charge in [0.05, 0.1) is 19.1 Å². The fourth-order valence-corrected chi connectivity index (χ4v) is 1.83. The van der Waals surface area contributed by atoms with Crippen LogP contribution in [-0.2, 0) is 6.42 Å². The summed E-state index contributed by atoms with van der Waals surface area (Å²) < 4.78 is 10.4. The number of aryl methyl sites for hydroxylation is 1. The molecule has 0 spiro atoms. The molecule has 1 heterocycles. The first-order valence-corrected chi connectivity index (χ1v) is 6.50. The van der Waals surface area contributed by atoms with Crippen LogP contribution < -0.4 is 15.4 Å². The van der Waals surface area contributed by atoms with Gasteiger partial charge in [-0.15, -0.1) is 0 Å². The average molecular weight is 274 g/mol. The zero-order valence-corrected chi connectivity index (χ0v) is 11.4. The van der Waals surface area contributed by atoms with Crippen molar-refractivity contribution in [3.8, 4) is 5.75 Å². The molecule has 106 valence electrons. The summed E-state index contributed by atoms with van der Waals surface area (Å²) in [5.74, 6) is 1.56. The maximum absolute atomic E-state index is 11.7. The van der Waals surface area contributed by atoms with Gasteiger partial charge in [0.1, 0.15) is 11.5 Å². The Hall–Kier alpha value is -2.43. The standard InChI is InChI=1S/C15H18N2O3/c1-19-14-9-3-2-8-13(14)17-15(18)16-10-4-6-12-7-5-11-20-12/h2-3,5,7-9,11H,4,6,10H2,1H3,(H2,16,17,18). The number of furan rings is 1. The monoisotopic (exact) mass is 274 g/mol. The van der Waals surface area contributed by atoms with Crippen LogP contribution >= 0.6 is 0 Å². The Labute approximate surface area is 117 Å². The zero-order valence-electron chi connectivity index (χ0n) is 11.4. The van der Waals surface area contributed by atoms with Gasteiger partial charge in [0.15, 0.2) is 0 Å². The van der Waals surface area contributed by atoms with Gasteiger partial charge in [0.25, 0.3) is 0 Å². The third-order valence-electron chi connectivity index (χ3n) is 2.82.